The van der Waals surface area contributed by atoms with Crippen molar-refractivity contribution in [2.45, 2.75) is 25.0 Å². The summed E-state index contributed by atoms with van der Waals surface area (Å²) in [7, 11) is 3.49. The lowest BCUT2D eigenvalue weighted by atomic mass is 9.97. The number of benzene rings is 2. The zero-order valence-corrected chi connectivity index (χ0v) is 13.8. The molecule has 4 heteroatoms. The molecule has 0 spiro atoms. The Morgan fingerprint density at radius 2 is 2.04 bits per heavy atom. The quantitative estimate of drug-likeness (QED) is 0.891. The van der Waals surface area contributed by atoms with Gasteiger partial charge in [0.15, 0.2) is 6.10 Å². The molecule has 3 rings (SSSR count). The van der Waals surface area contributed by atoms with Gasteiger partial charge in [0.1, 0.15) is 17.1 Å². The van der Waals surface area contributed by atoms with Crippen molar-refractivity contribution in [1.29, 1.82) is 0 Å². The van der Waals surface area contributed by atoms with Gasteiger partial charge in [-0.3, -0.25) is 0 Å². The van der Waals surface area contributed by atoms with E-state index >= 15 is 0 Å². The fraction of sp³-hybridized carbons (Fsp3) is 0.368. The first-order valence-electron chi connectivity index (χ1n) is 7.83. The largest absolute Gasteiger partial charge is 0.497 e. The average Bonchev–Trinajstić information content (AvgIpc) is 2.81. The fourth-order valence-electron chi connectivity index (χ4n) is 3.28. The molecule has 2 aromatic rings. The molecule has 1 aliphatic carbocycles. The first kappa shape index (κ1) is 15.8. The maximum Gasteiger partial charge on any atom is 0.154 e. The predicted molar refractivity (Wildman–Crippen MR) is 90.1 cm³/mol. The van der Waals surface area contributed by atoms with Gasteiger partial charge in [-0.05, 0) is 48.9 Å². The topological polar surface area (TPSA) is 50.7 Å². The number of methoxy groups -OCH3 is 1. The zero-order chi connectivity index (χ0) is 16.4. The van der Waals surface area contributed by atoms with Crippen molar-refractivity contribution in [3.63, 3.8) is 0 Å². The molecule has 0 fully saturated rings. The highest BCUT2D eigenvalue weighted by Gasteiger charge is 2.46. The maximum absolute atomic E-state index is 11.2. The monoisotopic (exact) mass is 313 g/mol. The third-order valence-corrected chi connectivity index (χ3v) is 4.44. The highest BCUT2D eigenvalue weighted by atomic mass is 16.5. The van der Waals surface area contributed by atoms with Crippen LogP contribution in [-0.4, -0.2) is 31.4 Å². The Kier molecular flexibility index (Phi) is 4.28. The Morgan fingerprint density at radius 3 is 2.74 bits per heavy atom. The number of likely N-dealkylation sites (N-methyl/N-ethyl adjacent to an activating group) is 1. The van der Waals surface area contributed by atoms with E-state index in [2.05, 4.69) is 5.32 Å². The molecule has 0 radical (unpaired) electrons. The van der Waals surface area contributed by atoms with Crippen LogP contribution in [0.4, 0.5) is 0 Å². The van der Waals surface area contributed by atoms with Gasteiger partial charge in [-0.25, -0.2) is 0 Å². The second-order valence-electron chi connectivity index (χ2n) is 6.14. The highest BCUT2D eigenvalue weighted by molar-refractivity contribution is 5.45. The van der Waals surface area contributed by atoms with Crippen LogP contribution in [-0.2, 0) is 6.42 Å². The van der Waals surface area contributed by atoms with Crippen molar-refractivity contribution in [2.75, 3.05) is 20.7 Å². The zero-order valence-electron chi connectivity index (χ0n) is 13.8. The number of hydrogen-bond acceptors (Lipinski definition) is 4. The molecule has 2 aromatic carbocycles. The Balaban J connectivity index is 1.99. The second-order valence-corrected chi connectivity index (χ2v) is 6.14. The van der Waals surface area contributed by atoms with Gasteiger partial charge in [0.25, 0.3) is 0 Å². The van der Waals surface area contributed by atoms with Crippen molar-refractivity contribution >= 4 is 0 Å². The predicted octanol–water partition coefficient (Wildman–Crippen LogP) is 2.63. The van der Waals surface area contributed by atoms with Crippen LogP contribution in [0.15, 0.2) is 42.5 Å². The minimum absolute atomic E-state index is 0.406. The first-order chi connectivity index (χ1) is 11.1. The highest BCUT2D eigenvalue weighted by Crippen LogP contribution is 2.43. The molecule has 0 aromatic heterocycles. The third kappa shape index (κ3) is 2.92. The number of ether oxygens (including phenoxy) is 2. The lowest BCUT2D eigenvalue weighted by molar-refractivity contribution is -0.0486. The molecule has 4 nitrogen and oxygen atoms in total. The number of aryl methyl sites for hydroxylation is 1. The van der Waals surface area contributed by atoms with Gasteiger partial charge in [-0.1, -0.05) is 24.3 Å². The van der Waals surface area contributed by atoms with E-state index in [0.29, 0.717) is 13.0 Å². The van der Waals surface area contributed by atoms with E-state index in [0.717, 1.165) is 28.2 Å². The van der Waals surface area contributed by atoms with E-state index < -0.39 is 11.7 Å². The summed E-state index contributed by atoms with van der Waals surface area (Å²) in [6.07, 6.45) is 0.133. The summed E-state index contributed by atoms with van der Waals surface area (Å²) in [6, 6.07) is 13.8. The van der Waals surface area contributed by atoms with E-state index in [-0.39, 0.29) is 0 Å². The standard InChI is InChI=1S/C19H23NO3/c1-13-6-4-5-7-17(13)23-18-16-9-8-15(22-3)10-14(16)11-19(18,21)12-20-2/h4-10,18,20-21H,11-12H2,1-3H3/t18-,19+/m1/s1. The number of aliphatic hydroxyl groups is 1. The van der Waals surface area contributed by atoms with Crippen LogP contribution in [0.1, 0.15) is 22.8 Å². The van der Waals surface area contributed by atoms with Crippen LogP contribution >= 0.6 is 0 Å². The second kappa shape index (κ2) is 6.22. The van der Waals surface area contributed by atoms with Crippen LogP contribution < -0.4 is 14.8 Å². The summed E-state index contributed by atoms with van der Waals surface area (Å²) in [5, 5.41) is 14.2. The molecular formula is C19H23NO3. The van der Waals surface area contributed by atoms with Crippen LogP contribution in [0.25, 0.3) is 0 Å². The molecule has 23 heavy (non-hydrogen) atoms. The Bertz CT molecular complexity index is 701. The maximum atomic E-state index is 11.2. The Labute approximate surface area is 137 Å². The van der Waals surface area contributed by atoms with Crippen molar-refractivity contribution in [1.82, 2.24) is 5.32 Å². The molecule has 2 atom stereocenters. The lowest BCUT2D eigenvalue weighted by Gasteiger charge is -2.31. The molecule has 0 saturated heterocycles. The van der Waals surface area contributed by atoms with E-state index in [1.54, 1.807) is 7.11 Å². The molecule has 0 amide bonds. The van der Waals surface area contributed by atoms with E-state index in [4.69, 9.17) is 9.47 Å². The van der Waals surface area contributed by atoms with Crippen molar-refractivity contribution in [2.24, 2.45) is 0 Å². The van der Waals surface area contributed by atoms with Crippen molar-refractivity contribution in [3.05, 3.63) is 59.2 Å². The normalized spacial score (nSPS) is 22.7. The Morgan fingerprint density at radius 1 is 1.26 bits per heavy atom. The SMILES string of the molecule is CNC[C@@]1(O)Cc2cc(OC)ccc2[C@H]1Oc1ccccc1C. The average molecular weight is 313 g/mol. The van der Waals surface area contributed by atoms with Gasteiger partial charge in [0.05, 0.1) is 7.11 Å². The molecule has 2 N–H and O–H groups in total. The molecule has 122 valence electrons. The minimum Gasteiger partial charge on any atom is -0.497 e. The smallest absolute Gasteiger partial charge is 0.154 e. The van der Waals surface area contributed by atoms with E-state index in [9.17, 15) is 5.11 Å². The number of fused-ring (bicyclic) bond motifs is 1. The molecule has 0 aliphatic heterocycles. The molecule has 1 aliphatic rings. The van der Waals surface area contributed by atoms with Crippen LogP contribution in [0.3, 0.4) is 0 Å². The van der Waals surface area contributed by atoms with Crippen LogP contribution in [0.5, 0.6) is 11.5 Å². The van der Waals surface area contributed by atoms with Gasteiger partial charge in [0.2, 0.25) is 0 Å². The number of para-hydroxylation sites is 1. The van der Waals surface area contributed by atoms with Crippen molar-refractivity contribution < 1.29 is 14.6 Å². The lowest BCUT2D eigenvalue weighted by Crippen LogP contribution is -2.45. The molecule has 0 saturated carbocycles. The summed E-state index contributed by atoms with van der Waals surface area (Å²) in [5.41, 5.74) is 2.17. The van der Waals surface area contributed by atoms with Crippen LogP contribution in [0.2, 0.25) is 0 Å². The van der Waals surface area contributed by atoms with Crippen molar-refractivity contribution in [3.8, 4) is 11.5 Å². The fourth-order valence-corrected chi connectivity index (χ4v) is 3.28. The minimum atomic E-state index is -0.980. The molecule has 0 heterocycles. The van der Waals surface area contributed by atoms with E-state index in [1.807, 2.05) is 56.4 Å². The number of nitrogens with one attached hydrogen (secondary N) is 1. The molecule has 0 bridgehead atoms. The number of hydrogen-bond donors (Lipinski definition) is 2. The first-order valence-corrected chi connectivity index (χ1v) is 7.83. The van der Waals surface area contributed by atoms with Gasteiger partial charge in [-0.15, -0.1) is 0 Å². The van der Waals surface area contributed by atoms with Gasteiger partial charge in [0, 0.05) is 13.0 Å². The van der Waals surface area contributed by atoms with E-state index in [1.165, 1.54) is 0 Å². The Hall–Kier alpha value is -2.04. The van der Waals surface area contributed by atoms with Gasteiger partial charge >= 0.3 is 0 Å². The summed E-state index contributed by atoms with van der Waals surface area (Å²) in [6.45, 7) is 2.47. The van der Waals surface area contributed by atoms with Gasteiger partial charge in [-0.2, -0.15) is 0 Å². The summed E-state index contributed by atoms with van der Waals surface area (Å²) < 4.78 is 11.5. The molecular weight excluding hydrogens is 290 g/mol. The number of rotatable bonds is 5. The van der Waals surface area contributed by atoms with Crippen LogP contribution in [0, 0.1) is 6.92 Å². The van der Waals surface area contributed by atoms with Gasteiger partial charge < -0.3 is 19.9 Å². The molecule has 0 unspecified atom stereocenters. The summed E-state index contributed by atoms with van der Waals surface area (Å²) in [5.74, 6) is 1.60. The summed E-state index contributed by atoms with van der Waals surface area (Å²) in [4.78, 5) is 0. The summed E-state index contributed by atoms with van der Waals surface area (Å²) >= 11 is 0. The third-order valence-electron chi connectivity index (χ3n) is 4.44.